The summed E-state index contributed by atoms with van der Waals surface area (Å²) in [6.45, 7) is 2.62. The third-order valence-electron chi connectivity index (χ3n) is 3.31. The average Bonchev–Trinajstić information content (AvgIpc) is 3.11. The van der Waals surface area contributed by atoms with Crippen molar-refractivity contribution in [2.45, 2.75) is 37.2 Å². The maximum absolute atomic E-state index is 12.2. The summed E-state index contributed by atoms with van der Waals surface area (Å²) in [7, 11) is -0.229. The van der Waals surface area contributed by atoms with E-state index >= 15 is 0 Å². The largest absolute Gasteiger partial charge is 0.310 e. The van der Waals surface area contributed by atoms with Gasteiger partial charge in [0.25, 0.3) is 0 Å². The Morgan fingerprint density at radius 2 is 2.00 bits per heavy atom. The van der Waals surface area contributed by atoms with E-state index in [1.807, 2.05) is 19.1 Å². The second-order valence-corrected chi connectivity index (χ2v) is 7.10. The molecule has 1 fully saturated rings. The van der Waals surface area contributed by atoms with E-state index < -0.39 is 10.0 Å². The van der Waals surface area contributed by atoms with Gasteiger partial charge in [-0.25, -0.2) is 12.7 Å². The predicted molar refractivity (Wildman–Crippen MR) is 71.9 cm³/mol. The van der Waals surface area contributed by atoms with Gasteiger partial charge >= 0.3 is 0 Å². The number of nitrogens with one attached hydrogen (secondary N) is 1. The smallest absolute Gasteiger partial charge is 0.242 e. The molecule has 1 aliphatic carbocycles. The van der Waals surface area contributed by atoms with Crippen LogP contribution in [0, 0.1) is 6.92 Å². The first-order valence-corrected chi connectivity index (χ1v) is 7.61. The summed E-state index contributed by atoms with van der Waals surface area (Å²) in [4.78, 5) is 0.405. The van der Waals surface area contributed by atoms with Crippen LogP contribution >= 0.6 is 0 Å². The Kier molecular flexibility index (Phi) is 3.75. The topological polar surface area (TPSA) is 49.4 Å². The molecule has 0 amide bonds. The van der Waals surface area contributed by atoms with Gasteiger partial charge in [0.2, 0.25) is 10.0 Å². The van der Waals surface area contributed by atoms with E-state index in [4.69, 9.17) is 0 Å². The van der Waals surface area contributed by atoms with Crippen molar-refractivity contribution >= 4 is 10.0 Å². The molecule has 1 aliphatic rings. The second-order valence-electron chi connectivity index (χ2n) is 4.98. The normalized spacial score (nSPS) is 16.2. The van der Waals surface area contributed by atoms with E-state index in [-0.39, 0.29) is 0 Å². The average molecular weight is 268 g/mol. The summed E-state index contributed by atoms with van der Waals surface area (Å²) in [5.41, 5.74) is 1.91. The van der Waals surface area contributed by atoms with Gasteiger partial charge in [-0.15, -0.1) is 0 Å². The van der Waals surface area contributed by atoms with Gasteiger partial charge in [0, 0.05) is 26.7 Å². The lowest BCUT2D eigenvalue weighted by molar-refractivity contribution is 0.520. The summed E-state index contributed by atoms with van der Waals surface area (Å²) in [6, 6.07) is 6.09. The zero-order chi connectivity index (χ0) is 13.3. The third-order valence-corrected chi connectivity index (χ3v) is 5.27. The summed E-state index contributed by atoms with van der Waals surface area (Å²) < 4.78 is 25.6. The Labute approximate surface area is 109 Å². The molecule has 2 rings (SSSR count). The van der Waals surface area contributed by atoms with Gasteiger partial charge in [-0.05, 0) is 37.0 Å². The van der Waals surface area contributed by atoms with Crippen LogP contribution in [-0.4, -0.2) is 32.9 Å². The van der Waals surface area contributed by atoms with Crippen LogP contribution in [0.2, 0.25) is 0 Å². The summed E-state index contributed by atoms with van der Waals surface area (Å²) >= 11 is 0. The molecule has 0 aliphatic heterocycles. The first-order valence-electron chi connectivity index (χ1n) is 6.17. The maximum Gasteiger partial charge on any atom is 0.242 e. The molecular weight excluding hydrogens is 248 g/mol. The third kappa shape index (κ3) is 2.74. The molecule has 0 radical (unpaired) electrons. The van der Waals surface area contributed by atoms with Crippen molar-refractivity contribution in [3.8, 4) is 0 Å². The first kappa shape index (κ1) is 13.5. The van der Waals surface area contributed by atoms with Gasteiger partial charge in [0.1, 0.15) is 0 Å². The van der Waals surface area contributed by atoms with E-state index in [0.717, 1.165) is 17.7 Å². The molecule has 0 unspecified atom stereocenters. The molecule has 18 heavy (non-hydrogen) atoms. The van der Waals surface area contributed by atoms with Crippen molar-refractivity contribution in [1.29, 1.82) is 0 Å². The standard InChI is InChI=1S/C13H20N2O2S/c1-10-11(9-14-12-7-8-12)5-4-6-13(10)18(16,17)15(2)3/h4-6,12,14H,7-9H2,1-3H3. The lowest BCUT2D eigenvalue weighted by Crippen LogP contribution is -2.24. The number of hydrogen-bond donors (Lipinski definition) is 1. The molecule has 100 valence electrons. The van der Waals surface area contributed by atoms with Crippen LogP contribution in [0.4, 0.5) is 0 Å². The fourth-order valence-electron chi connectivity index (χ4n) is 1.87. The summed E-state index contributed by atoms with van der Waals surface area (Å²) in [5.74, 6) is 0. The maximum atomic E-state index is 12.2. The quantitative estimate of drug-likeness (QED) is 0.880. The second kappa shape index (κ2) is 4.99. The van der Waals surface area contributed by atoms with E-state index in [9.17, 15) is 8.42 Å². The van der Waals surface area contributed by atoms with Gasteiger partial charge in [0.15, 0.2) is 0 Å². The number of sulfonamides is 1. The minimum atomic E-state index is -3.35. The highest BCUT2D eigenvalue weighted by Crippen LogP contribution is 2.23. The van der Waals surface area contributed by atoms with E-state index in [0.29, 0.717) is 10.9 Å². The van der Waals surface area contributed by atoms with Crippen LogP contribution in [0.15, 0.2) is 23.1 Å². The lowest BCUT2D eigenvalue weighted by Gasteiger charge is -2.16. The van der Waals surface area contributed by atoms with Crippen molar-refractivity contribution < 1.29 is 8.42 Å². The Morgan fingerprint density at radius 1 is 1.33 bits per heavy atom. The SMILES string of the molecule is Cc1c(CNC2CC2)cccc1S(=O)(=O)N(C)C. The van der Waals surface area contributed by atoms with Gasteiger partial charge in [-0.2, -0.15) is 0 Å². The van der Waals surface area contributed by atoms with E-state index in [2.05, 4.69) is 5.32 Å². The zero-order valence-corrected chi connectivity index (χ0v) is 11.9. The Morgan fingerprint density at radius 3 is 2.56 bits per heavy atom. The molecule has 1 aromatic carbocycles. The van der Waals surface area contributed by atoms with Crippen molar-refractivity contribution in [2.24, 2.45) is 0 Å². The number of nitrogens with zero attached hydrogens (tertiary/aromatic N) is 1. The van der Waals surface area contributed by atoms with Crippen LogP contribution in [0.1, 0.15) is 24.0 Å². The fraction of sp³-hybridized carbons (Fsp3) is 0.538. The highest BCUT2D eigenvalue weighted by Gasteiger charge is 2.23. The predicted octanol–water partition coefficient (Wildman–Crippen LogP) is 1.50. The number of rotatable bonds is 5. The van der Waals surface area contributed by atoms with Crippen molar-refractivity contribution in [2.75, 3.05) is 14.1 Å². The van der Waals surface area contributed by atoms with Crippen LogP contribution in [0.3, 0.4) is 0 Å². The fourth-order valence-corrected chi connectivity index (χ4v) is 3.03. The molecule has 4 nitrogen and oxygen atoms in total. The minimum Gasteiger partial charge on any atom is -0.310 e. The Hall–Kier alpha value is -0.910. The molecule has 0 aromatic heterocycles. The highest BCUT2D eigenvalue weighted by atomic mass is 32.2. The van der Waals surface area contributed by atoms with Crippen LogP contribution in [-0.2, 0) is 16.6 Å². The molecule has 0 atom stereocenters. The number of hydrogen-bond acceptors (Lipinski definition) is 3. The van der Waals surface area contributed by atoms with Gasteiger partial charge in [-0.1, -0.05) is 12.1 Å². The zero-order valence-electron chi connectivity index (χ0n) is 11.1. The monoisotopic (exact) mass is 268 g/mol. The molecule has 1 saturated carbocycles. The molecule has 1 N–H and O–H groups in total. The van der Waals surface area contributed by atoms with Crippen molar-refractivity contribution in [3.63, 3.8) is 0 Å². The van der Waals surface area contributed by atoms with Crippen molar-refractivity contribution in [1.82, 2.24) is 9.62 Å². The van der Waals surface area contributed by atoms with Gasteiger partial charge in [0.05, 0.1) is 4.90 Å². The molecule has 1 aromatic rings. The summed E-state index contributed by atoms with van der Waals surface area (Å²) in [5, 5.41) is 3.41. The molecule has 0 bridgehead atoms. The first-order chi connectivity index (χ1) is 8.43. The minimum absolute atomic E-state index is 0.405. The summed E-state index contributed by atoms with van der Waals surface area (Å²) in [6.07, 6.45) is 2.46. The van der Waals surface area contributed by atoms with Crippen LogP contribution in [0.25, 0.3) is 0 Å². The highest BCUT2D eigenvalue weighted by molar-refractivity contribution is 7.89. The molecule has 5 heteroatoms. The molecular formula is C13H20N2O2S. The Balaban J connectivity index is 2.28. The van der Waals surface area contributed by atoms with E-state index in [1.54, 1.807) is 20.2 Å². The van der Waals surface area contributed by atoms with Crippen LogP contribution < -0.4 is 5.32 Å². The molecule has 0 saturated heterocycles. The van der Waals surface area contributed by atoms with Gasteiger partial charge in [-0.3, -0.25) is 0 Å². The van der Waals surface area contributed by atoms with Gasteiger partial charge < -0.3 is 5.32 Å². The number of benzene rings is 1. The molecule has 0 spiro atoms. The van der Waals surface area contributed by atoms with Crippen LogP contribution in [0.5, 0.6) is 0 Å². The Bertz CT molecular complexity index is 534. The van der Waals surface area contributed by atoms with E-state index in [1.165, 1.54) is 17.1 Å². The lowest BCUT2D eigenvalue weighted by atomic mass is 10.1. The molecule has 0 heterocycles. The van der Waals surface area contributed by atoms with Crippen molar-refractivity contribution in [3.05, 3.63) is 29.3 Å².